The zero-order valence-corrected chi connectivity index (χ0v) is 13.6. The van der Waals surface area contributed by atoms with Gasteiger partial charge in [-0.1, -0.05) is 20.3 Å². The van der Waals surface area contributed by atoms with Crippen molar-refractivity contribution in [2.75, 3.05) is 26.7 Å². The number of nitrogens with one attached hydrogen (secondary N) is 1. The van der Waals surface area contributed by atoms with Gasteiger partial charge in [-0.25, -0.2) is 0 Å². The normalized spacial score (nSPS) is 14.7. The molecule has 4 nitrogen and oxygen atoms in total. The van der Waals surface area contributed by atoms with E-state index in [1.807, 2.05) is 6.92 Å². The summed E-state index contributed by atoms with van der Waals surface area (Å²) >= 11 is 0. The van der Waals surface area contributed by atoms with Crippen molar-refractivity contribution >= 4 is 5.97 Å². The van der Waals surface area contributed by atoms with Crippen LogP contribution in [-0.4, -0.2) is 49.2 Å². The zero-order valence-electron chi connectivity index (χ0n) is 13.6. The number of ether oxygens (including phenoxy) is 1. The van der Waals surface area contributed by atoms with Crippen molar-refractivity contribution in [2.24, 2.45) is 0 Å². The fourth-order valence-electron chi connectivity index (χ4n) is 2.29. The number of hydrogen-bond donors (Lipinski definition) is 1. The Bertz CT molecular complexity index is 257. The third-order valence-corrected chi connectivity index (χ3v) is 3.45. The molecule has 0 aromatic carbocycles. The van der Waals surface area contributed by atoms with Crippen molar-refractivity contribution in [3.8, 4) is 0 Å². The summed E-state index contributed by atoms with van der Waals surface area (Å²) in [6.07, 6.45) is 3.19. The molecule has 0 aliphatic heterocycles. The lowest BCUT2D eigenvalue weighted by Crippen LogP contribution is -2.54. The van der Waals surface area contributed by atoms with Gasteiger partial charge in [0.05, 0.1) is 7.11 Å². The number of unbranched alkanes of at least 4 members (excludes halogenated alkanes) is 1. The van der Waals surface area contributed by atoms with Gasteiger partial charge in [-0.15, -0.1) is 0 Å². The largest absolute Gasteiger partial charge is 0.468 e. The number of methoxy groups -OCH3 is 1. The van der Waals surface area contributed by atoms with E-state index < -0.39 is 5.54 Å². The van der Waals surface area contributed by atoms with Crippen molar-refractivity contribution in [2.45, 2.75) is 65.5 Å². The molecule has 0 rings (SSSR count). The first-order valence-corrected chi connectivity index (χ1v) is 7.48. The molecule has 0 aliphatic rings. The molecule has 114 valence electrons. The molecule has 4 heteroatoms. The van der Waals surface area contributed by atoms with E-state index in [4.69, 9.17) is 4.74 Å². The molecule has 0 bridgehead atoms. The van der Waals surface area contributed by atoms with E-state index in [1.54, 1.807) is 0 Å². The number of esters is 1. The molecule has 0 saturated heterocycles. The van der Waals surface area contributed by atoms with Crippen LogP contribution in [0.4, 0.5) is 0 Å². The van der Waals surface area contributed by atoms with Crippen LogP contribution in [0.2, 0.25) is 0 Å². The summed E-state index contributed by atoms with van der Waals surface area (Å²) < 4.78 is 4.94. The minimum atomic E-state index is -0.595. The second-order valence-electron chi connectivity index (χ2n) is 5.66. The molecule has 0 amide bonds. The monoisotopic (exact) mass is 272 g/mol. The van der Waals surface area contributed by atoms with Crippen molar-refractivity contribution in [1.82, 2.24) is 10.2 Å². The van der Waals surface area contributed by atoms with Crippen LogP contribution in [0.25, 0.3) is 0 Å². The van der Waals surface area contributed by atoms with E-state index in [9.17, 15) is 4.79 Å². The lowest BCUT2D eigenvalue weighted by molar-refractivity contribution is -0.148. The van der Waals surface area contributed by atoms with Gasteiger partial charge in [-0.3, -0.25) is 10.1 Å². The van der Waals surface area contributed by atoms with E-state index in [0.29, 0.717) is 0 Å². The van der Waals surface area contributed by atoms with Gasteiger partial charge in [0.25, 0.3) is 0 Å². The first kappa shape index (κ1) is 18.4. The Labute approximate surface area is 118 Å². The Hall–Kier alpha value is -0.610. The van der Waals surface area contributed by atoms with Crippen LogP contribution in [0, 0.1) is 0 Å². The quantitative estimate of drug-likeness (QED) is 0.620. The summed E-state index contributed by atoms with van der Waals surface area (Å²) in [7, 11) is 1.46. The maximum atomic E-state index is 12.0. The van der Waals surface area contributed by atoms with Gasteiger partial charge < -0.3 is 9.64 Å². The fraction of sp³-hybridized carbons (Fsp3) is 0.933. The lowest BCUT2D eigenvalue weighted by Gasteiger charge is -2.32. The average molecular weight is 272 g/mol. The van der Waals surface area contributed by atoms with Gasteiger partial charge >= 0.3 is 5.97 Å². The molecular formula is C15H32N2O2. The summed E-state index contributed by atoms with van der Waals surface area (Å²) in [5, 5.41) is 3.34. The number of hydrogen-bond acceptors (Lipinski definition) is 4. The van der Waals surface area contributed by atoms with Crippen LogP contribution in [0.15, 0.2) is 0 Å². The molecule has 0 aromatic rings. The Balaban J connectivity index is 4.51. The summed E-state index contributed by atoms with van der Waals surface area (Å²) in [6.45, 7) is 13.5. The molecular weight excluding hydrogens is 240 g/mol. The van der Waals surface area contributed by atoms with Gasteiger partial charge in [0.1, 0.15) is 5.54 Å². The minimum absolute atomic E-state index is 0.173. The Kier molecular flexibility index (Phi) is 9.02. The van der Waals surface area contributed by atoms with Crippen molar-refractivity contribution in [3.63, 3.8) is 0 Å². The lowest BCUT2D eigenvalue weighted by atomic mass is 9.96. The van der Waals surface area contributed by atoms with Gasteiger partial charge in [-0.2, -0.15) is 0 Å². The Morgan fingerprint density at radius 1 is 1.32 bits per heavy atom. The second-order valence-corrected chi connectivity index (χ2v) is 5.66. The van der Waals surface area contributed by atoms with Crippen molar-refractivity contribution < 1.29 is 9.53 Å². The molecule has 0 fully saturated rings. The van der Waals surface area contributed by atoms with Crippen molar-refractivity contribution in [3.05, 3.63) is 0 Å². The van der Waals surface area contributed by atoms with Gasteiger partial charge in [0.2, 0.25) is 0 Å². The van der Waals surface area contributed by atoms with Crippen LogP contribution < -0.4 is 5.32 Å². The highest BCUT2D eigenvalue weighted by atomic mass is 16.5. The van der Waals surface area contributed by atoms with Gasteiger partial charge in [0, 0.05) is 12.6 Å². The summed E-state index contributed by atoms with van der Waals surface area (Å²) in [5.41, 5.74) is -0.595. The van der Waals surface area contributed by atoms with E-state index in [0.717, 1.165) is 26.1 Å². The van der Waals surface area contributed by atoms with Gasteiger partial charge in [-0.05, 0) is 46.7 Å². The number of rotatable bonds is 10. The topological polar surface area (TPSA) is 41.6 Å². The van der Waals surface area contributed by atoms with Crippen LogP contribution in [0.5, 0.6) is 0 Å². The number of carbonyl (C=O) groups is 1. The number of nitrogens with zero attached hydrogens (tertiary/aromatic N) is 1. The van der Waals surface area contributed by atoms with Crippen LogP contribution in [0.3, 0.4) is 0 Å². The fourth-order valence-corrected chi connectivity index (χ4v) is 2.29. The molecule has 0 heterocycles. The summed E-state index contributed by atoms with van der Waals surface area (Å²) in [4.78, 5) is 14.4. The molecule has 1 N–H and O–H groups in total. The summed E-state index contributed by atoms with van der Waals surface area (Å²) in [5.74, 6) is -0.173. The maximum Gasteiger partial charge on any atom is 0.325 e. The zero-order chi connectivity index (χ0) is 14.9. The molecule has 0 saturated carbocycles. The Morgan fingerprint density at radius 3 is 2.37 bits per heavy atom. The first-order valence-electron chi connectivity index (χ1n) is 7.48. The van der Waals surface area contributed by atoms with Crippen LogP contribution >= 0.6 is 0 Å². The van der Waals surface area contributed by atoms with E-state index in [2.05, 4.69) is 37.9 Å². The first-order chi connectivity index (χ1) is 8.89. The Morgan fingerprint density at radius 2 is 1.95 bits per heavy atom. The van der Waals surface area contributed by atoms with Crippen LogP contribution in [-0.2, 0) is 9.53 Å². The molecule has 0 aliphatic carbocycles. The molecule has 1 atom stereocenters. The second kappa shape index (κ2) is 9.32. The molecule has 0 spiro atoms. The highest BCUT2D eigenvalue weighted by Gasteiger charge is 2.34. The maximum absolute atomic E-state index is 12.0. The van der Waals surface area contributed by atoms with Crippen LogP contribution in [0.1, 0.15) is 53.9 Å². The minimum Gasteiger partial charge on any atom is -0.468 e. The smallest absolute Gasteiger partial charge is 0.325 e. The van der Waals surface area contributed by atoms with E-state index >= 15 is 0 Å². The highest BCUT2D eigenvalue weighted by Crippen LogP contribution is 2.14. The molecule has 0 radical (unpaired) electrons. The molecule has 0 aromatic heterocycles. The average Bonchev–Trinajstić information content (AvgIpc) is 2.37. The van der Waals surface area contributed by atoms with E-state index in [1.165, 1.54) is 20.0 Å². The third-order valence-electron chi connectivity index (χ3n) is 3.45. The van der Waals surface area contributed by atoms with Crippen molar-refractivity contribution in [1.29, 1.82) is 0 Å². The standard InChI is InChI=1S/C15H32N2O2/c1-7-9-11-17(8-2)12-10-15(5,14(18)19-6)16-13(3)4/h13,16H,7-12H2,1-6H3. The molecule has 19 heavy (non-hydrogen) atoms. The third kappa shape index (κ3) is 6.92. The number of carbonyl (C=O) groups excluding carboxylic acids is 1. The van der Waals surface area contributed by atoms with Gasteiger partial charge in [0.15, 0.2) is 0 Å². The SMILES string of the molecule is CCCCN(CC)CCC(C)(NC(C)C)C(=O)OC. The molecule has 1 unspecified atom stereocenters. The predicted octanol–water partition coefficient (Wildman–Crippen LogP) is 2.43. The van der Waals surface area contributed by atoms with E-state index in [-0.39, 0.29) is 12.0 Å². The highest BCUT2D eigenvalue weighted by molar-refractivity contribution is 5.80. The predicted molar refractivity (Wildman–Crippen MR) is 80.3 cm³/mol. The summed E-state index contributed by atoms with van der Waals surface area (Å²) in [6, 6.07) is 0.259.